The molecular formula is C34H33Cl4N3O4S. The van der Waals surface area contributed by atoms with Crippen molar-refractivity contribution in [3.8, 4) is 0 Å². The predicted molar refractivity (Wildman–Crippen MR) is 186 cm³/mol. The SMILES string of the molecule is CC[C@@H](C)NC(=O)[C@@H](Cc1ccccc1)N(Cc1ccc(Cl)c(Cl)c1)C(=O)CN(c1cccc(Cl)c1Cl)S(=O)(=O)c1ccccc1. The molecule has 7 nitrogen and oxygen atoms in total. The minimum atomic E-state index is -4.33. The number of benzene rings is 4. The molecule has 0 saturated carbocycles. The molecule has 0 fully saturated rings. The van der Waals surface area contributed by atoms with Crippen molar-refractivity contribution < 1.29 is 18.0 Å². The van der Waals surface area contributed by atoms with Gasteiger partial charge < -0.3 is 10.2 Å². The smallest absolute Gasteiger partial charge is 0.264 e. The first-order valence-electron chi connectivity index (χ1n) is 14.5. The van der Waals surface area contributed by atoms with Crippen LogP contribution in [0.4, 0.5) is 5.69 Å². The summed E-state index contributed by atoms with van der Waals surface area (Å²) in [6.45, 7) is 3.07. The van der Waals surface area contributed by atoms with Gasteiger partial charge >= 0.3 is 0 Å². The van der Waals surface area contributed by atoms with Crippen LogP contribution in [0, 0.1) is 0 Å². The van der Waals surface area contributed by atoms with E-state index >= 15 is 0 Å². The molecule has 0 bridgehead atoms. The van der Waals surface area contributed by atoms with Gasteiger partial charge in [-0.2, -0.15) is 0 Å². The Morgan fingerprint density at radius 2 is 1.43 bits per heavy atom. The van der Waals surface area contributed by atoms with Crippen LogP contribution in [0.1, 0.15) is 31.4 Å². The number of nitrogens with zero attached hydrogens (tertiary/aromatic N) is 2. The number of halogens is 4. The Kier molecular flexibility index (Phi) is 12.4. The number of carbonyl (C=O) groups is 2. The first-order chi connectivity index (χ1) is 21.9. The maximum absolute atomic E-state index is 14.6. The molecule has 0 heterocycles. The van der Waals surface area contributed by atoms with Crippen molar-refractivity contribution in [2.75, 3.05) is 10.8 Å². The van der Waals surface area contributed by atoms with E-state index in [1.807, 2.05) is 44.2 Å². The Hall–Kier alpha value is -3.27. The monoisotopic (exact) mass is 719 g/mol. The van der Waals surface area contributed by atoms with E-state index in [-0.39, 0.29) is 50.6 Å². The molecule has 46 heavy (non-hydrogen) atoms. The summed E-state index contributed by atoms with van der Waals surface area (Å²) >= 11 is 25.4. The molecule has 12 heteroatoms. The number of nitrogens with one attached hydrogen (secondary N) is 1. The third-order valence-electron chi connectivity index (χ3n) is 7.42. The number of amides is 2. The zero-order valence-electron chi connectivity index (χ0n) is 25.2. The van der Waals surface area contributed by atoms with Crippen molar-refractivity contribution >= 4 is 73.9 Å². The van der Waals surface area contributed by atoms with Crippen molar-refractivity contribution in [2.24, 2.45) is 0 Å². The molecule has 4 rings (SSSR count). The van der Waals surface area contributed by atoms with E-state index in [0.29, 0.717) is 17.0 Å². The molecular weight excluding hydrogens is 688 g/mol. The lowest BCUT2D eigenvalue weighted by Gasteiger charge is -2.34. The number of hydrogen-bond acceptors (Lipinski definition) is 4. The maximum Gasteiger partial charge on any atom is 0.264 e. The van der Waals surface area contributed by atoms with Gasteiger partial charge in [-0.3, -0.25) is 13.9 Å². The van der Waals surface area contributed by atoms with Crippen LogP contribution in [-0.4, -0.2) is 43.8 Å². The lowest BCUT2D eigenvalue weighted by molar-refractivity contribution is -0.140. The average Bonchev–Trinajstić information content (AvgIpc) is 3.05. The van der Waals surface area contributed by atoms with Crippen LogP contribution in [0.15, 0.2) is 102 Å². The van der Waals surface area contributed by atoms with Gasteiger partial charge in [-0.1, -0.05) is 114 Å². The highest BCUT2D eigenvalue weighted by atomic mass is 35.5. The van der Waals surface area contributed by atoms with E-state index in [1.54, 1.807) is 42.5 Å². The Morgan fingerprint density at radius 1 is 0.783 bits per heavy atom. The lowest BCUT2D eigenvalue weighted by Crippen LogP contribution is -2.54. The zero-order chi connectivity index (χ0) is 33.4. The highest BCUT2D eigenvalue weighted by molar-refractivity contribution is 7.92. The summed E-state index contributed by atoms with van der Waals surface area (Å²) < 4.78 is 29.2. The molecule has 2 atom stereocenters. The second-order valence-electron chi connectivity index (χ2n) is 10.7. The Balaban J connectivity index is 1.85. The molecule has 0 aliphatic rings. The molecule has 0 aromatic heterocycles. The number of rotatable bonds is 13. The molecule has 0 aliphatic carbocycles. The number of anilines is 1. The molecule has 0 spiro atoms. The molecule has 1 N–H and O–H groups in total. The molecule has 0 unspecified atom stereocenters. The van der Waals surface area contributed by atoms with Crippen LogP contribution < -0.4 is 9.62 Å². The van der Waals surface area contributed by atoms with E-state index in [1.165, 1.54) is 29.2 Å². The van der Waals surface area contributed by atoms with Gasteiger partial charge in [0.25, 0.3) is 10.0 Å². The fourth-order valence-corrected chi connectivity index (χ4v) is 6.96. The van der Waals surface area contributed by atoms with Gasteiger partial charge in [-0.05, 0) is 60.9 Å². The van der Waals surface area contributed by atoms with E-state index in [9.17, 15) is 18.0 Å². The van der Waals surface area contributed by atoms with Crippen molar-refractivity contribution in [3.63, 3.8) is 0 Å². The molecule has 0 saturated heterocycles. The summed E-state index contributed by atoms with van der Waals surface area (Å²) in [4.78, 5) is 29.8. The maximum atomic E-state index is 14.6. The van der Waals surface area contributed by atoms with E-state index in [2.05, 4.69) is 5.32 Å². The molecule has 4 aromatic rings. The fourth-order valence-electron chi connectivity index (χ4n) is 4.75. The van der Waals surface area contributed by atoms with Gasteiger partial charge in [0, 0.05) is 19.0 Å². The van der Waals surface area contributed by atoms with Crippen molar-refractivity contribution in [2.45, 2.75) is 50.2 Å². The van der Waals surface area contributed by atoms with Crippen LogP contribution in [0.2, 0.25) is 20.1 Å². The van der Waals surface area contributed by atoms with E-state index in [0.717, 1.165) is 9.87 Å². The number of sulfonamides is 1. The summed E-state index contributed by atoms with van der Waals surface area (Å²) in [5.41, 5.74) is 1.42. The van der Waals surface area contributed by atoms with Crippen LogP contribution in [0.5, 0.6) is 0 Å². The average molecular weight is 722 g/mol. The van der Waals surface area contributed by atoms with Gasteiger partial charge in [0.15, 0.2) is 0 Å². The third kappa shape index (κ3) is 8.75. The highest BCUT2D eigenvalue weighted by Gasteiger charge is 2.35. The van der Waals surface area contributed by atoms with Gasteiger partial charge in [0.1, 0.15) is 12.6 Å². The van der Waals surface area contributed by atoms with Crippen LogP contribution in [0.3, 0.4) is 0 Å². The van der Waals surface area contributed by atoms with Crippen LogP contribution in [0.25, 0.3) is 0 Å². The topological polar surface area (TPSA) is 86.8 Å². The molecule has 4 aromatic carbocycles. The summed E-state index contributed by atoms with van der Waals surface area (Å²) in [6, 6.07) is 25.3. The number of hydrogen-bond donors (Lipinski definition) is 1. The van der Waals surface area contributed by atoms with Crippen LogP contribution >= 0.6 is 46.4 Å². The predicted octanol–water partition coefficient (Wildman–Crippen LogP) is 8.05. The van der Waals surface area contributed by atoms with Crippen molar-refractivity contribution in [1.82, 2.24) is 10.2 Å². The largest absolute Gasteiger partial charge is 0.352 e. The molecule has 0 aliphatic heterocycles. The normalized spacial score (nSPS) is 12.7. The summed E-state index contributed by atoms with van der Waals surface area (Å²) in [5, 5.41) is 3.67. The van der Waals surface area contributed by atoms with Crippen molar-refractivity contribution in [1.29, 1.82) is 0 Å². The summed E-state index contributed by atoms with van der Waals surface area (Å²) in [7, 11) is -4.33. The third-order valence-corrected chi connectivity index (χ3v) is 10.7. The van der Waals surface area contributed by atoms with Gasteiger partial charge in [0.05, 0.1) is 30.7 Å². The standard InChI is InChI=1S/C34H33Cl4N3O4S/c1-3-23(2)39-34(43)31(20-24-11-6-4-7-12-24)40(21-25-17-18-27(35)29(37)19-25)32(42)22-41(30-16-10-15-28(36)33(30)38)46(44,45)26-13-8-5-9-14-26/h4-19,23,31H,3,20-22H2,1-2H3,(H,39,43)/t23-,31-/m1/s1. The Bertz CT molecular complexity index is 1780. The quantitative estimate of drug-likeness (QED) is 0.152. The lowest BCUT2D eigenvalue weighted by atomic mass is 10.0. The minimum absolute atomic E-state index is 0.0181. The Morgan fingerprint density at radius 3 is 2.07 bits per heavy atom. The minimum Gasteiger partial charge on any atom is -0.352 e. The van der Waals surface area contributed by atoms with Gasteiger partial charge in [-0.15, -0.1) is 0 Å². The Labute approximate surface area is 290 Å². The van der Waals surface area contributed by atoms with E-state index in [4.69, 9.17) is 46.4 Å². The van der Waals surface area contributed by atoms with E-state index < -0.39 is 28.5 Å². The second kappa shape index (κ2) is 16.0. The second-order valence-corrected chi connectivity index (χ2v) is 14.2. The first-order valence-corrected chi connectivity index (χ1v) is 17.5. The van der Waals surface area contributed by atoms with Gasteiger partial charge in [-0.25, -0.2) is 8.42 Å². The highest BCUT2D eigenvalue weighted by Crippen LogP contribution is 2.36. The van der Waals surface area contributed by atoms with Gasteiger partial charge in [0.2, 0.25) is 11.8 Å². The summed E-state index contributed by atoms with van der Waals surface area (Å²) in [6.07, 6.45) is 0.834. The molecule has 0 radical (unpaired) electrons. The number of carbonyl (C=O) groups excluding carboxylic acids is 2. The molecule has 2 amide bonds. The fraction of sp³-hybridized carbons (Fsp3) is 0.235. The first kappa shape index (κ1) is 35.6. The van der Waals surface area contributed by atoms with Crippen LogP contribution in [-0.2, 0) is 32.6 Å². The zero-order valence-corrected chi connectivity index (χ0v) is 29.0. The molecule has 242 valence electrons. The van der Waals surface area contributed by atoms with Crippen molar-refractivity contribution in [3.05, 3.63) is 128 Å². The summed E-state index contributed by atoms with van der Waals surface area (Å²) in [5.74, 6) is -1.04.